The van der Waals surface area contributed by atoms with Crippen molar-refractivity contribution in [3.05, 3.63) is 75.8 Å². The van der Waals surface area contributed by atoms with Crippen LogP contribution in [0.5, 0.6) is 0 Å². The third-order valence-corrected chi connectivity index (χ3v) is 3.75. The SMILES string of the molecule is COCCCNC(=O)c1ccccc1NC(=O)/C=C/c1cccc([N+](=O)[O-])c1. The molecule has 0 aliphatic heterocycles. The molecule has 2 N–H and O–H groups in total. The van der Waals surface area contributed by atoms with E-state index in [2.05, 4.69) is 10.6 Å². The fourth-order valence-corrected chi connectivity index (χ4v) is 2.39. The van der Waals surface area contributed by atoms with E-state index in [0.717, 1.165) is 0 Å². The van der Waals surface area contributed by atoms with Gasteiger partial charge < -0.3 is 15.4 Å². The quantitative estimate of drug-likeness (QED) is 0.299. The molecule has 0 radical (unpaired) electrons. The number of para-hydroxylation sites is 1. The monoisotopic (exact) mass is 383 g/mol. The molecule has 28 heavy (non-hydrogen) atoms. The van der Waals surface area contributed by atoms with Gasteiger partial charge in [-0.25, -0.2) is 0 Å². The minimum absolute atomic E-state index is 0.0574. The number of non-ortho nitro benzene ring substituents is 1. The molecular formula is C20H21N3O5. The summed E-state index contributed by atoms with van der Waals surface area (Å²) in [5.41, 5.74) is 1.18. The van der Waals surface area contributed by atoms with Gasteiger partial charge >= 0.3 is 0 Å². The molecule has 0 bridgehead atoms. The van der Waals surface area contributed by atoms with Crippen molar-refractivity contribution in [1.29, 1.82) is 0 Å². The first kappa shape index (κ1) is 20.8. The van der Waals surface area contributed by atoms with Crippen molar-refractivity contribution in [2.24, 2.45) is 0 Å². The van der Waals surface area contributed by atoms with E-state index in [0.29, 0.717) is 36.4 Å². The van der Waals surface area contributed by atoms with E-state index in [-0.39, 0.29) is 11.6 Å². The van der Waals surface area contributed by atoms with Crippen LogP contribution in [0.4, 0.5) is 11.4 Å². The molecule has 0 aliphatic carbocycles. The molecule has 2 rings (SSSR count). The Hall–Kier alpha value is -3.52. The Kier molecular flexibility index (Phi) is 7.86. The molecule has 0 saturated heterocycles. The van der Waals surface area contributed by atoms with E-state index in [1.807, 2.05) is 0 Å². The number of hydrogen-bond acceptors (Lipinski definition) is 5. The number of hydrogen-bond donors (Lipinski definition) is 2. The van der Waals surface area contributed by atoms with Crippen molar-refractivity contribution < 1.29 is 19.2 Å². The first-order chi connectivity index (χ1) is 13.5. The summed E-state index contributed by atoms with van der Waals surface area (Å²) in [6, 6.07) is 12.6. The molecule has 0 fully saturated rings. The predicted molar refractivity (Wildman–Crippen MR) is 106 cm³/mol. The van der Waals surface area contributed by atoms with E-state index in [1.165, 1.54) is 24.3 Å². The van der Waals surface area contributed by atoms with Crippen molar-refractivity contribution in [1.82, 2.24) is 5.32 Å². The molecule has 0 saturated carbocycles. The minimum atomic E-state index is -0.501. The second kappa shape index (κ2) is 10.6. The number of amides is 2. The summed E-state index contributed by atoms with van der Waals surface area (Å²) in [6.45, 7) is 1.00. The summed E-state index contributed by atoms with van der Waals surface area (Å²) in [6.07, 6.45) is 3.41. The van der Waals surface area contributed by atoms with Crippen molar-refractivity contribution in [3.8, 4) is 0 Å². The molecule has 0 spiro atoms. The fourth-order valence-electron chi connectivity index (χ4n) is 2.39. The Bertz CT molecular complexity index is 880. The molecule has 0 heterocycles. The zero-order chi connectivity index (χ0) is 20.4. The largest absolute Gasteiger partial charge is 0.385 e. The zero-order valence-electron chi connectivity index (χ0n) is 15.4. The first-order valence-electron chi connectivity index (χ1n) is 8.61. The smallest absolute Gasteiger partial charge is 0.270 e. The third-order valence-electron chi connectivity index (χ3n) is 3.75. The molecule has 0 aliphatic rings. The van der Waals surface area contributed by atoms with Crippen molar-refractivity contribution in [2.75, 3.05) is 25.6 Å². The zero-order valence-corrected chi connectivity index (χ0v) is 15.4. The van der Waals surface area contributed by atoms with Crippen LogP contribution in [0.2, 0.25) is 0 Å². The average molecular weight is 383 g/mol. The highest BCUT2D eigenvalue weighted by atomic mass is 16.6. The highest BCUT2D eigenvalue weighted by Gasteiger charge is 2.12. The van der Waals surface area contributed by atoms with Crippen LogP contribution in [-0.2, 0) is 9.53 Å². The number of carbonyl (C=O) groups is 2. The Balaban J connectivity index is 2.03. The first-order valence-corrected chi connectivity index (χ1v) is 8.61. The maximum Gasteiger partial charge on any atom is 0.270 e. The Morgan fingerprint density at radius 3 is 2.71 bits per heavy atom. The molecule has 2 aromatic rings. The second-order valence-corrected chi connectivity index (χ2v) is 5.82. The maximum atomic E-state index is 12.3. The molecule has 8 nitrogen and oxygen atoms in total. The van der Waals surface area contributed by atoms with Gasteiger partial charge in [0.15, 0.2) is 0 Å². The normalized spacial score (nSPS) is 10.6. The molecule has 2 amide bonds. The van der Waals surface area contributed by atoms with Gasteiger partial charge in [-0.15, -0.1) is 0 Å². The predicted octanol–water partition coefficient (Wildman–Crippen LogP) is 3.01. The van der Waals surface area contributed by atoms with Gasteiger partial charge in [-0.3, -0.25) is 19.7 Å². The Morgan fingerprint density at radius 1 is 1.18 bits per heavy atom. The summed E-state index contributed by atoms with van der Waals surface area (Å²) in [4.78, 5) is 34.8. The molecule has 0 atom stereocenters. The number of rotatable bonds is 9. The lowest BCUT2D eigenvalue weighted by molar-refractivity contribution is -0.384. The van der Waals surface area contributed by atoms with E-state index >= 15 is 0 Å². The molecular weight excluding hydrogens is 362 g/mol. The van der Waals surface area contributed by atoms with Gasteiger partial charge in [0.05, 0.1) is 16.2 Å². The number of anilines is 1. The van der Waals surface area contributed by atoms with Crippen LogP contribution in [0.15, 0.2) is 54.6 Å². The topological polar surface area (TPSA) is 111 Å². The molecule has 0 aromatic heterocycles. The van der Waals surface area contributed by atoms with Gasteiger partial charge in [-0.2, -0.15) is 0 Å². The van der Waals surface area contributed by atoms with Gasteiger partial charge in [0.2, 0.25) is 5.91 Å². The number of methoxy groups -OCH3 is 1. The Labute approximate surface area is 162 Å². The van der Waals surface area contributed by atoms with E-state index in [1.54, 1.807) is 43.5 Å². The summed E-state index contributed by atoms with van der Waals surface area (Å²) in [5, 5.41) is 16.2. The molecule has 8 heteroatoms. The number of nitro groups is 1. The lowest BCUT2D eigenvalue weighted by Crippen LogP contribution is -2.26. The van der Waals surface area contributed by atoms with Gasteiger partial charge in [-0.1, -0.05) is 24.3 Å². The number of carbonyl (C=O) groups excluding carboxylic acids is 2. The minimum Gasteiger partial charge on any atom is -0.385 e. The summed E-state index contributed by atoms with van der Waals surface area (Å²) < 4.78 is 4.94. The van der Waals surface area contributed by atoms with E-state index in [9.17, 15) is 19.7 Å². The lowest BCUT2D eigenvalue weighted by atomic mass is 10.1. The summed E-state index contributed by atoms with van der Waals surface area (Å²) in [7, 11) is 1.59. The summed E-state index contributed by atoms with van der Waals surface area (Å²) >= 11 is 0. The van der Waals surface area contributed by atoms with Gasteiger partial charge in [0, 0.05) is 38.5 Å². The number of benzene rings is 2. The number of nitrogens with zero attached hydrogens (tertiary/aromatic N) is 1. The number of nitro benzene ring substituents is 1. The number of ether oxygens (including phenoxy) is 1. The number of nitrogens with one attached hydrogen (secondary N) is 2. The average Bonchev–Trinajstić information content (AvgIpc) is 2.70. The van der Waals surface area contributed by atoms with Crippen LogP contribution >= 0.6 is 0 Å². The van der Waals surface area contributed by atoms with Gasteiger partial charge in [-0.05, 0) is 30.2 Å². The second-order valence-electron chi connectivity index (χ2n) is 5.82. The van der Waals surface area contributed by atoms with E-state index in [4.69, 9.17) is 4.74 Å². The Morgan fingerprint density at radius 2 is 1.96 bits per heavy atom. The van der Waals surface area contributed by atoms with Crippen LogP contribution in [0.25, 0.3) is 6.08 Å². The molecule has 146 valence electrons. The van der Waals surface area contributed by atoms with Crippen molar-refractivity contribution in [3.63, 3.8) is 0 Å². The van der Waals surface area contributed by atoms with Crippen LogP contribution in [0.3, 0.4) is 0 Å². The third kappa shape index (κ3) is 6.33. The summed E-state index contributed by atoms with van der Waals surface area (Å²) in [5.74, 6) is -0.749. The van der Waals surface area contributed by atoms with Crippen molar-refractivity contribution in [2.45, 2.75) is 6.42 Å². The van der Waals surface area contributed by atoms with Crippen molar-refractivity contribution >= 4 is 29.3 Å². The van der Waals surface area contributed by atoms with Gasteiger partial charge in [0.25, 0.3) is 11.6 Å². The van der Waals surface area contributed by atoms with Gasteiger partial charge in [0.1, 0.15) is 0 Å². The molecule has 0 unspecified atom stereocenters. The van der Waals surface area contributed by atoms with Crippen LogP contribution < -0.4 is 10.6 Å². The lowest BCUT2D eigenvalue weighted by Gasteiger charge is -2.10. The maximum absolute atomic E-state index is 12.3. The standard InChI is InChI=1S/C20H21N3O5/c1-28-13-5-12-21-20(25)17-8-2-3-9-18(17)22-19(24)11-10-15-6-4-7-16(14-15)23(26)27/h2-4,6-11,14H,5,12-13H2,1H3,(H,21,25)(H,22,24)/b11-10+. The van der Waals surface area contributed by atoms with Crippen LogP contribution in [-0.4, -0.2) is 37.0 Å². The fraction of sp³-hybridized carbons (Fsp3) is 0.200. The highest BCUT2D eigenvalue weighted by molar-refractivity contribution is 6.07. The van der Waals surface area contributed by atoms with Crippen LogP contribution in [0, 0.1) is 10.1 Å². The van der Waals surface area contributed by atoms with E-state index < -0.39 is 10.8 Å². The highest BCUT2D eigenvalue weighted by Crippen LogP contribution is 2.16. The molecule has 2 aromatic carbocycles. The van der Waals surface area contributed by atoms with Crippen LogP contribution in [0.1, 0.15) is 22.3 Å².